The molecular formula is C16H17NO4S2. The van der Waals surface area contributed by atoms with Crippen LogP contribution < -0.4 is 10.1 Å². The van der Waals surface area contributed by atoms with Crippen molar-refractivity contribution < 1.29 is 19.1 Å². The predicted octanol–water partition coefficient (Wildman–Crippen LogP) is 3.75. The molecule has 1 aromatic carbocycles. The number of anilines is 1. The van der Waals surface area contributed by atoms with Crippen LogP contribution in [0.5, 0.6) is 5.75 Å². The molecule has 0 unspecified atom stereocenters. The number of benzene rings is 1. The van der Waals surface area contributed by atoms with Crippen LogP contribution in [0, 0.1) is 0 Å². The van der Waals surface area contributed by atoms with Gasteiger partial charge in [-0.25, -0.2) is 4.79 Å². The van der Waals surface area contributed by atoms with Gasteiger partial charge >= 0.3 is 5.97 Å². The summed E-state index contributed by atoms with van der Waals surface area (Å²) in [5, 5.41) is 6.36. The Kier molecular flexibility index (Phi) is 6.18. The van der Waals surface area contributed by atoms with Crippen molar-refractivity contribution in [1.29, 1.82) is 0 Å². The van der Waals surface area contributed by atoms with Crippen molar-refractivity contribution in [2.75, 3.05) is 12.4 Å². The molecular weight excluding hydrogens is 334 g/mol. The highest BCUT2D eigenvalue weighted by molar-refractivity contribution is 8.27. The third-order valence-corrected chi connectivity index (χ3v) is 4.86. The van der Waals surface area contributed by atoms with Crippen molar-refractivity contribution in [3.05, 3.63) is 44.9 Å². The zero-order valence-electron chi connectivity index (χ0n) is 13.0. The summed E-state index contributed by atoms with van der Waals surface area (Å²) >= 11 is 2.66. The van der Waals surface area contributed by atoms with E-state index in [0.717, 1.165) is 0 Å². The van der Waals surface area contributed by atoms with E-state index < -0.39 is 11.9 Å². The molecule has 122 valence electrons. The molecule has 23 heavy (non-hydrogen) atoms. The molecule has 1 aromatic rings. The fourth-order valence-corrected chi connectivity index (χ4v) is 3.57. The molecule has 0 bridgehead atoms. The van der Waals surface area contributed by atoms with Gasteiger partial charge in [-0.1, -0.05) is 23.5 Å². The number of hydrogen-bond acceptors (Lipinski definition) is 6. The van der Waals surface area contributed by atoms with Crippen molar-refractivity contribution in [1.82, 2.24) is 0 Å². The van der Waals surface area contributed by atoms with Crippen molar-refractivity contribution in [2.45, 2.75) is 20.0 Å². The van der Waals surface area contributed by atoms with Crippen LogP contribution in [0.4, 0.5) is 5.69 Å². The fourth-order valence-electron chi connectivity index (χ4n) is 1.73. The van der Waals surface area contributed by atoms with E-state index in [0.29, 0.717) is 15.7 Å². The minimum atomic E-state index is -0.621. The van der Waals surface area contributed by atoms with E-state index in [-0.39, 0.29) is 11.7 Å². The smallest absolute Gasteiger partial charge is 0.345 e. The lowest BCUT2D eigenvalue weighted by Gasteiger charge is -2.13. The summed E-state index contributed by atoms with van der Waals surface area (Å²) in [6.45, 7) is 3.49. The molecule has 1 heterocycles. The molecule has 0 fully saturated rings. The van der Waals surface area contributed by atoms with E-state index in [2.05, 4.69) is 5.32 Å². The predicted molar refractivity (Wildman–Crippen MR) is 94.2 cm³/mol. The molecule has 2 rings (SSSR count). The summed E-state index contributed by atoms with van der Waals surface area (Å²) in [6.07, 6.45) is -0.295. The van der Waals surface area contributed by atoms with E-state index in [4.69, 9.17) is 9.47 Å². The average molecular weight is 351 g/mol. The normalized spacial score (nSPS) is 13.1. The molecule has 1 N–H and O–H groups in total. The van der Waals surface area contributed by atoms with Gasteiger partial charge in [0.15, 0.2) is 0 Å². The Balaban J connectivity index is 2.19. The SMILES string of the molecule is COc1ccc(NC(=O)C(C(=O)OC(C)C)=C2SC=CS2)cc1. The van der Waals surface area contributed by atoms with Gasteiger partial charge in [0.25, 0.3) is 5.91 Å². The van der Waals surface area contributed by atoms with Crippen LogP contribution >= 0.6 is 23.5 Å². The number of hydrogen-bond donors (Lipinski definition) is 1. The Bertz CT molecular complexity index is 641. The van der Waals surface area contributed by atoms with E-state index in [1.54, 1.807) is 45.2 Å². The molecule has 0 aromatic heterocycles. The maximum absolute atomic E-state index is 12.5. The number of ether oxygens (including phenoxy) is 2. The first-order chi connectivity index (χ1) is 11.0. The highest BCUT2D eigenvalue weighted by Crippen LogP contribution is 2.40. The molecule has 7 heteroatoms. The van der Waals surface area contributed by atoms with E-state index in [9.17, 15) is 9.59 Å². The summed E-state index contributed by atoms with van der Waals surface area (Å²) < 4.78 is 10.9. The minimum absolute atomic E-state index is 0.0227. The van der Waals surface area contributed by atoms with Gasteiger partial charge in [0.05, 0.1) is 17.5 Å². The maximum Gasteiger partial charge on any atom is 0.345 e. The molecule has 1 aliphatic heterocycles. The van der Waals surface area contributed by atoms with Crippen molar-refractivity contribution in [3.63, 3.8) is 0 Å². The highest BCUT2D eigenvalue weighted by Gasteiger charge is 2.27. The number of esters is 1. The molecule has 0 saturated heterocycles. The van der Waals surface area contributed by atoms with E-state index in [1.807, 2.05) is 10.8 Å². The van der Waals surface area contributed by atoms with Crippen LogP contribution in [0.1, 0.15) is 13.8 Å². The Morgan fingerprint density at radius 1 is 1.09 bits per heavy atom. The molecule has 5 nitrogen and oxygen atoms in total. The lowest BCUT2D eigenvalue weighted by atomic mass is 10.2. The standard InChI is InChI=1S/C16H17NO4S2/c1-10(2)21-15(19)13(16-22-8-9-23-16)14(18)17-11-4-6-12(20-3)7-5-11/h4-10H,1-3H3,(H,17,18). The topological polar surface area (TPSA) is 64.6 Å². The first kappa shape index (κ1) is 17.5. The van der Waals surface area contributed by atoms with E-state index in [1.165, 1.54) is 23.5 Å². The number of rotatable bonds is 5. The number of nitrogens with one attached hydrogen (secondary N) is 1. The molecule has 1 aliphatic rings. The lowest BCUT2D eigenvalue weighted by Crippen LogP contribution is -2.25. The van der Waals surface area contributed by atoms with Crippen LogP contribution in [0.3, 0.4) is 0 Å². The highest BCUT2D eigenvalue weighted by atomic mass is 32.2. The number of amides is 1. The number of methoxy groups -OCH3 is 1. The summed E-state index contributed by atoms with van der Waals surface area (Å²) in [6, 6.07) is 6.88. The molecule has 0 spiro atoms. The Morgan fingerprint density at radius 2 is 1.70 bits per heavy atom. The number of carbonyl (C=O) groups is 2. The quantitative estimate of drug-likeness (QED) is 0.377. The summed E-state index contributed by atoms with van der Waals surface area (Å²) in [4.78, 5) is 24.8. The van der Waals surface area contributed by atoms with Gasteiger partial charge in [0, 0.05) is 5.69 Å². The average Bonchev–Trinajstić information content (AvgIpc) is 3.01. The summed E-state index contributed by atoms with van der Waals surface area (Å²) in [5.74, 6) is -0.420. The second kappa shape index (κ2) is 8.12. The maximum atomic E-state index is 12.5. The third-order valence-electron chi connectivity index (χ3n) is 2.73. The Hall–Kier alpha value is -1.86. The van der Waals surface area contributed by atoms with Gasteiger partial charge in [-0.15, -0.1) is 0 Å². The second-order valence-corrected chi connectivity index (χ2v) is 6.90. The van der Waals surface area contributed by atoms with Gasteiger partial charge in [-0.3, -0.25) is 4.79 Å². The second-order valence-electron chi connectivity index (χ2n) is 4.81. The van der Waals surface area contributed by atoms with Gasteiger partial charge in [-0.2, -0.15) is 0 Å². The molecule has 0 atom stereocenters. The van der Waals surface area contributed by atoms with Crippen molar-refractivity contribution in [3.8, 4) is 5.75 Å². The van der Waals surface area contributed by atoms with Gasteiger partial charge in [-0.05, 0) is 48.9 Å². The number of thioether (sulfide) groups is 2. The summed E-state index contributed by atoms with van der Waals surface area (Å²) in [5.41, 5.74) is 0.599. The molecule has 0 aliphatic carbocycles. The van der Waals surface area contributed by atoms with Gasteiger partial charge < -0.3 is 14.8 Å². The zero-order valence-corrected chi connectivity index (χ0v) is 14.6. The number of carbonyl (C=O) groups excluding carboxylic acids is 2. The van der Waals surface area contributed by atoms with Crippen LogP contribution in [-0.4, -0.2) is 25.1 Å². The monoisotopic (exact) mass is 351 g/mol. The van der Waals surface area contributed by atoms with Crippen LogP contribution in [-0.2, 0) is 14.3 Å². The van der Waals surface area contributed by atoms with E-state index >= 15 is 0 Å². The van der Waals surface area contributed by atoms with Crippen LogP contribution in [0.2, 0.25) is 0 Å². The summed E-state index contributed by atoms with van der Waals surface area (Å²) in [7, 11) is 1.57. The van der Waals surface area contributed by atoms with Crippen LogP contribution in [0.15, 0.2) is 44.9 Å². The van der Waals surface area contributed by atoms with Crippen molar-refractivity contribution >= 4 is 41.1 Å². The first-order valence-electron chi connectivity index (χ1n) is 6.90. The zero-order chi connectivity index (χ0) is 16.8. The Morgan fingerprint density at radius 3 is 2.22 bits per heavy atom. The largest absolute Gasteiger partial charge is 0.497 e. The minimum Gasteiger partial charge on any atom is -0.497 e. The fraction of sp³-hybridized carbons (Fsp3) is 0.250. The van der Waals surface area contributed by atoms with Gasteiger partial charge in [0.1, 0.15) is 11.3 Å². The van der Waals surface area contributed by atoms with Crippen molar-refractivity contribution in [2.24, 2.45) is 0 Å². The first-order valence-corrected chi connectivity index (χ1v) is 8.66. The molecule has 1 amide bonds. The molecule has 0 saturated carbocycles. The lowest BCUT2D eigenvalue weighted by molar-refractivity contribution is -0.143. The third kappa shape index (κ3) is 4.80. The molecule has 0 radical (unpaired) electrons. The van der Waals surface area contributed by atoms with Crippen LogP contribution in [0.25, 0.3) is 0 Å². The van der Waals surface area contributed by atoms with Gasteiger partial charge in [0.2, 0.25) is 0 Å². The Labute approximate surface area is 143 Å².